The second kappa shape index (κ2) is 11.5. The number of hydrogen-bond donors (Lipinski definition) is 2. The Balaban J connectivity index is 0.00000204. The molecule has 3 aromatic rings. The molecule has 184 valence electrons. The molecule has 0 amide bonds. The molecule has 0 spiro atoms. The fraction of sp³-hybridized carbons (Fsp3) is 0.375. The lowest BCUT2D eigenvalue weighted by atomic mass is 9.90. The van der Waals surface area contributed by atoms with E-state index in [1.807, 2.05) is 0 Å². The predicted octanol–water partition coefficient (Wildman–Crippen LogP) is 6.13. The van der Waals surface area contributed by atoms with E-state index in [0.29, 0.717) is 39.6 Å². The molecule has 0 saturated heterocycles. The number of phenols is 1. The number of halogens is 4. The molecule has 2 aromatic heterocycles. The molecule has 0 atom stereocenters. The second-order valence-electron chi connectivity index (χ2n) is 8.57. The number of nitrogens with zero attached hydrogens (tertiary/aromatic N) is 3. The van der Waals surface area contributed by atoms with Crippen LogP contribution >= 0.6 is 36.4 Å². The summed E-state index contributed by atoms with van der Waals surface area (Å²) in [5.74, 6) is -1.51. The Morgan fingerprint density at radius 1 is 1.18 bits per heavy atom. The van der Waals surface area contributed by atoms with Crippen molar-refractivity contribution in [3.05, 3.63) is 46.9 Å². The number of carbonyl (C=O) groups excluding carboxylic acids is 1. The number of fused-ring (bicyclic) bond motifs is 1. The number of aromatic hydroxyl groups is 1. The molecule has 0 unspecified atom stereocenters. The van der Waals surface area contributed by atoms with Crippen molar-refractivity contribution in [3.8, 4) is 17.0 Å². The van der Waals surface area contributed by atoms with E-state index in [-0.39, 0.29) is 41.7 Å². The molecule has 4 rings (SSSR count). The van der Waals surface area contributed by atoms with E-state index in [4.69, 9.17) is 16.6 Å². The average molecular weight is 530 g/mol. The van der Waals surface area contributed by atoms with E-state index in [1.54, 1.807) is 18.3 Å². The quantitative estimate of drug-likeness (QED) is 0.387. The summed E-state index contributed by atoms with van der Waals surface area (Å²) >= 11 is 5.96. The topological polar surface area (TPSA) is 78.3 Å². The number of hydrogen-bond acceptors (Lipinski definition) is 6. The standard InChI is InChI=1S/C24H26ClFN4O2.2ClH/c1-13(31)17-12-27-21-9-8-20(14-10-18(25)24(32)19(26)11-14)29-23(21)22(17)28-15-4-6-16(7-5-15)30(2)3;;/h8-12,15-16,32H,4-7H2,1-3H3,(H,27,28);2*1H/t15-,16-;;. The molecule has 10 heteroatoms. The number of carbonyl (C=O) groups is 1. The molecule has 1 fully saturated rings. The summed E-state index contributed by atoms with van der Waals surface area (Å²) in [6.45, 7) is 1.51. The maximum atomic E-state index is 14.1. The highest BCUT2D eigenvalue weighted by atomic mass is 35.5. The van der Waals surface area contributed by atoms with Crippen molar-refractivity contribution in [1.82, 2.24) is 14.9 Å². The van der Waals surface area contributed by atoms with Gasteiger partial charge in [0.1, 0.15) is 5.52 Å². The Morgan fingerprint density at radius 2 is 1.85 bits per heavy atom. The lowest BCUT2D eigenvalue weighted by molar-refractivity contribution is 0.101. The summed E-state index contributed by atoms with van der Waals surface area (Å²) in [7, 11) is 4.21. The summed E-state index contributed by atoms with van der Waals surface area (Å²) in [5, 5.41) is 13.1. The maximum absolute atomic E-state index is 14.1. The van der Waals surface area contributed by atoms with Crippen LogP contribution in [-0.4, -0.2) is 51.9 Å². The van der Waals surface area contributed by atoms with Crippen molar-refractivity contribution in [2.75, 3.05) is 19.4 Å². The van der Waals surface area contributed by atoms with Crippen molar-refractivity contribution >= 4 is 58.9 Å². The van der Waals surface area contributed by atoms with Gasteiger partial charge >= 0.3 is 0 Å². The van der Waals surface area contributed by atoms with Gasteiger partial charge < -0.3 is 15.3 Å². The number of anilines is 1. The Bertz CT molecular complexity index is 1160. The van der Waals surface area contributed by atoms with Crippen LogP contribution in [0.25, 0.3) is 22.3 Å². The van der Waals surface area contributed by atoms with Crippen LogP contribution in [0.4, 0.5) is 10.1 Å². The van der Waals surface area contributed by atoms with E-state index >= 15 is 0 Å². The van der Waals surface area contributed by atoms with Crippen LogP contribution in [0.5, 0.6) is 5.75 Å². The van der Waals surface area contributed by atoms with Crippen molar-refractivity contribution in [2.24, 2.45) is 0 Å². The molecular weight excluding hydrogens is 502 g/mol. The molecule has 1 aromatic carbocycles. The lowest BCUT2D eigenvalue weighted by Crippen LogP contribution is -2.36. The number of phenolic OH excluding ortho intramolecular Hbond substituents is 1. The van der Waals surface area contributed by atoms with Gasteiger partial charge in [0.2, 0.25) is 0 Å². The highest BCUT2D eigenvalue weighted by Gasteiger charge is 2.25. The molecule has 0 bridgehead atoms. The minimum absolute atomic E-state index is 0. The van der Waals surface area contributed by atoms with Gasteiger partial charge in [-0.1, -0.05) is 11.6 Å². The fourth-order valence-electron chi connectivity index (χ4n) is 4.29. The molecule has 2 heterocycles. The van der Waals surface area contributed by atoms with Crippen LogP contribution in [0.15, 0.2) is 30.5 Å². The first-order chi connectivity index (χ1) is 15.2. The number of nitrogens with one attached hydrogen (secondary N) is 1. The lowest BCUT2D eigenvalue weighted by Gasteiger charge is -2.33. The van der Waals surface area contributed by atoms with Crippen LogP contribution in [0.2, 0.25) is 5.02 Å². The van der Waals surface area contributed by atoms with Gasteiger partial charge in [-0.05, 0) is 71.0 Å². The monoisotopic (exact) mass is 528 g/mol. The SMILES string of the molecule is CC(=O)c1cnc2ccc(-c3cc(F)c(O)c(Cl)c3)nc2c1N[C@H]1CC[C@H](N(C)C)CC1.Cl.Cl. The maximum Gasteiger partial charge on any atom is 0.170 e. The highest BCUT2D eigenvalue weighted by molar-refractivity contribution is 6.32. The number of pyridine rings is 2. The van der Waals surface area contributed by atoms with Crippen molar-refractivity contribution in [3.63, 3.8) is 0 Å². The molecular formula is C24H28Cl3FN4O2. The molecule has 1 aliphatic carbocycles. The average Bonchev–Trinajstić information content (AvgIpc) is 2.77. The van der Waals surface area contributed by atoms with Crippen LogP contribution in [0.1, 0.15) is 43.0 Å². The summed E-state index contributed by atoms with van der Waals surface area (Å²) < 4.78 is 14.1. The first kappa shape index (κ1) is 28.1. The van der Waals surface area contributed by atoms with Gasteiger partial charge in [-0.2, -0.15) is 0 Å². The third-order valence-corrected chi connectivity index (χ3v) is 6.47. The third kappa shape index (κ3) is 5.71. The minimum Gasteiger partial charge on any atom is -0.504 e. The van der Waals surface area contributed by atoms with Gasteiger partial charge in [0.05, 0.1) is 27.5 Å². The normalized spacial score (nSPS) is 17.7. The Labute approximate surface area is 215 Å². The first-order valence-electron chi connectivity index (χ1n) is 10.7. The molecule has 34 heavy (non-hydrogen) atoms. The Hall–Kier alpha value is -2.19. The van der Waals surface area contributed by atoms with Crippen LogP contribution in [0.3, 0.4) is 0 Å². The van der Waals surface area contributed by atoms with E-state index in [9.17, 15) is 14.3 Å². The largest absolute Gasteiger partial charge is 0.504 e. The Kier molecular flexibility index (Phi) is 9.48. The van der Waals surface area contributed by atoms with Gasteiger partial charge in [0, 0.05) is 23.8 Å². The molecule has 0 aliphatic heterocycles. The first-order valence-corrected chi connectivity index (χ1v) is 11.0. The van der Waals surface area contributed by atoms with Crippen LogP contribution < -0.4 is 5.32 Å². The number of aromatic nitrogens is 2. The van der Waals surface area contributed by atoms with E-state index < -0.39 is 11.6 Å². The number of Topliss-reactive ketones (excluding diaryl/α,β-unsaturated/α-hetero) is 1. The van der Waals surface area contributed by atoms with Crippen LogP contribution in [-0.2, 0) is 0 Å². The summed E-state index contributed by atoms with van der Waals surface area (Å²) in [4.78, 5) is 23.7. The zero-order valence-corrected chi connectivity index (χ0v) is 21.5. The van der Waals surface area contributed by atoms with Crippen molar-refractivity contribution in [1.29, 1.82) is 0 Å². The fourth-order valence-corrected chi connectivity index (χ4v) is 4.50. The summed E-state index contributed by atoms with van der Waals surface area (Å²) in [5.41, 5.74) is 3.22. The summed E-state index contributed by atoms with van der Waals surface area (Å²) in [6, 6.07) is 6.94. The highest BCUT2D eigenvalue weighted by Crippen LogP contribution is 2.34. The van der Waals surface area contributed by atoms with E-state index in [0.717, 1.165) is 25.7 Å². The zero-order valence-electron chi connectivity index (χ0n) is 19.1. The van der Waals surface area contributed by atoms with Gasteiger partial charge in [0.25, 0.3) is 0 Å². The van der Waals surface area contributed by atoms with E-state index in [2.05, 4.69) is 29.3 Å². The van der Waals surface area contributed by atoms with Gasteiger partial charge in [-0.3, -0.25) is 9.78 Å². The van der Waals surface area contributed by atoms with E-state index in [1.165, 1.54) is 19.1 Å². The van der Waals surface area contributed by atoms with Gasteiger partial charge in [0.15, 0.2) is 17.3 Å². The smallest absolute Gasteiger partial charge is 0.170 e. The second-order valence-corrected chi connectivity index (χ2v) is 8.98. The molecule has 2 N–H and O–H groups in total. The number of ketones is 1. The molecule has 6 nitrogen and oxygen atoms in total. The van der Waals surface area contributed by atoms with Gasteiger partial charge in [-0.15, -0.1) is 24.8 Å². The van der Waals surface area contributed by atoms with Crippen molar-refractivity contribution < 1.29 is 14.3 Å². The molecule has 1 aliphatic rings. The molecule has 1 saturated carbocycles. The number of benzene rings is 1. The third-order valence-electron chi connectivity index (χ3n) is 6.18. The van der Waals surface area contributed by atoms with Crippen LogP contribution in [0, 0.1) is 5.82 Å². The zero-order chi connectivity index (χ0) is 23.0. The molecule has 0 radical (unpaired) electrons. The Morgan fingerprint density at radius 3 is 2.44 bits per heavy atom. The predicted molar refractivity (Wildman–Crippen MR) is 139 cm³/mol. The minimum atomic E-state index is -0.819. The number of rotatable bonds is 5. The summed E-state index contributed by atoms with van der Waals surface area (Å²) in [6.07, 6.45) is 5.71. The van der Waals surface area contributed by atoms with Crippen molar-refractivity contribution in [2.45, 2.75) is 44.7 Å². The van der Waals surface area contributed by atoms with Gasteiger partial charge in [-0.25, -0.2) is 9.37 Å².